The number of carbonyl (C=O) groups excluding carboxylic acids is 1. The Hall–Kier alpha value is -1.04. The van der Waals surface area contributed by atoms with E-state index >= 15 is 0 Å². The van der Waals surface area contributed by atoms with Crippen LogP contribution in [-0.4, -0.2) is 31.0 Å². The number of allylic oxidation sites excluding steroid dienone is 1. The van der Waals surface area contributed by atoms with Gasteiger partial charge in [0.25, 0.3) is 5.60 Å². The molecule has 1 aliphatic heterocycles. The molecule has 3 rings (SSSR count). The van der Waals surface area contributed by atoms with Crippen LogP contribution in [-0.2, 0) is 14.3 Å². The highest BCUT2D eigenvalue weighted by molar-refractivity contribution is 5.83. The maximum absolute atomic E-state index is 13.1. The summed E-state index contributed by atoms with van der Waals surface area (Å²) in [7, 11) is 0.954. The molecule has 5 unspecified atom stereocenters. The number of fused-ring (bicyclic) bond motifs is 5. The van der Waals surface area contributed by atoms with Gasteiger partial charge in [-0.2, -0.15) is 13.2 Å². The van der Waals surface area contributed by atoms with Gasteiger partial charge in [0.2, 0.25) is 0 Å². The average molecular weight is 248 g/mol. The molecule has 1 heterocycles. The van der Waals surface area contributed by atoms with Crippen molar-refractivity contribution in [2.45, 2.75) is 24.3 Å². The van der Waals surface area contributed by atoms with Crippen molar-refractivity contribution in [2.24, 2.45) is 17.8 Å². The molecule has 0 aromatic rings. The first kappa shape index (κ1) is 11.1. The van der Waals surface area contributed by atoms with Crippen LogP contribution in [0.15, 0.2) is 12.2 Å². The van der Waals surface area contributed by atoms with Crippen molar-refractivity contribution in [3.8, 4) is 0 Å². The lowest BCUT2D eigenvalue weighted by Crippen LogP contribution is -2.73. The molecule has 0 amide bonds. The molecule has 3 nitrogen and oxygen atoms in total. The van der Waals surface area contributed by atoms with Crippen molar-refractivity contribution >= 4 is 5.97 Å². The molecule has 2 bridgehead atoms. The maximum atomic E-state index is 13.1. The molecule has 94 valence electrons. The lowest BCUT2D eigenvalue weighted by Gasteiger charge is -2.53. The standard InChI is InChI=1S/C11H11F3O3/c1-16-9(15)10(11(12,13)14)7-5-2-3-6(4-5)8(7)17-10/h2-3,5-8H,4H2,1H3. The number of esters is 1. The van der Waals surface area contributed by atoms with Crippen molar-refractivity contribution in [3.63, 3.8) is 0 Å². The molecule has 0 radical (unpaired) electrons. The molecule has 17 heavy (non-hydrogen) atoms. The summed E-state index contributed by atoms with van der Waals surface area (Å²) in [5.74, 6) is -2.35. The molecule has 2 fully saturated rings. The number of methoxy groups -OCH3 is 1. The third-order valence-corrected chi connectivity index (χ3v) is 4.09. The van der Waals surface area contributed by atoms with Gasteiger partial charge in [0, 0.05) is 11.8 Å². The first-order chi connectivity index (χ1) is 7.91. The Balaban J connectivity index is 2.00. The highest BCUT2D eigenvalue weighted by atomic mass is 19.4. The van der Waals surface area contributed by atoms with Crippen LogP contribution in [0.3, 0.4) is 0 Å². The number of alkyl halides is 3. The molecule has 6 heteroatoms. The van der Waals surface area contributed by atoms with Crippen LogP contribution in [0.2, 0.25) is 0 Å². The zero-order valence-corrected chi connectivity index (χ0v) is 9.03. The fraction of sp³-hybridized carbons (Fsp3) is 0.727. The maximum Gasteiger partial charge on any atom is 0.428 e. The highest BCUT2D eigenvalue weighted by Gasteiger charge is 2.80. The van der Waals surface area contributed by atoms with Crippen molar-refractivity contribution in [1.29, 1.82) is 0 Å². The fourth-order valence-electron chi connectivity index (χ4n) is 3.40. The SMILES string of the molecule is COC(=O)C1(C(F)(F)F)OC2C3C=CC(C3)C21. The molecule has 1 saturated heterocycles. The average Bonchev–Trinajstić information content (AvgIpc) is 2.72. The number of rotatable bonds is 1. The van der Waals surface area contributed by atoms with Crippen molar-refractivity contribution in [1.82, 2.24) is 0 Å². The Morgan fingerprint density at radius 3 is 2.59 bits per heavy atom. The minimum absolute atomic E-state index is 0.0186. The Morgan fingerprint density at radius 1 is 1.41 bits per heavy atom. The number of hydrogen-bond acceptors (Lipinski definition) is 3. The molecule has 0 spiro atoms. The van der Waals surface area contributed by atoms with E-state index in [0.717, 1.165) is 7.11 Å². The largest absolute Gasteiger partial charge is 0.467 e. The van der Waals surface area contributed by atoms with Crippen LogP contribution in [0.5, 0.6) is 0 Å². The van der Waals surface area contributed by atoms with E-state index in [-0.39, 0.29) is 11.8 Å². The van der Waals surface area contributed by atoms with E-state index in [1.165, 1.54) is 0 Å². The normalized spacial score (nSPS) is 46.6. The van der Waals surface area contributed by atoms with E-state index in [1.54, 1.807) is 6.08 Å². The van der Waals surface area contributed by atoms with Gasteiger partial charge < -0.3 is 9.47 Å². The molecule has 0 aromatic carbocycles. The number of halogens is 3. The zero-order valence-electron chi connectivity index (χ0n) is 9.03. The number of carbonyl (C=O) groups is 1. The second kappa shape index (κ2) is 3.04. The summed E-state index contributed by atoms with van der Waals surface area (Å²) in [5, 5.41) is 0. The third kappa shape index (κ3) is 1.09. The van der Waals surface area contributed by atoms with Crippen LogP contribution in [0.1, 0.15) is 6.42 Å². The summed E-state index contributed by atoms with van der Waals surface area (Å²) in [6, 6.07) is 0. The van der Waals surface area contributed by atoms with Gasteiger partial charge in [-0.3, -0.25) is 0 Å². The van der Waals surface area contributed by atoms with Crippen LogP contribution in [0, 0.1) is 17.8 Å². The predicted octanol–water partition coefficient (Wildman–Crippen LogP) is 1.68. The monoisotopic (exact) mass is 248 g/mol. The third-order valence-electron chi connectivity index (χ3n) is 4.09. The van der Waals surface area contributed by atoms with Crippen molar-refractivity contribution in [2.75, 3.05) is 7.11 Å². The highest BCUT2D eigenvalue weighted by Crippen LogP contribution is 2.63. The topological polar surface area (TPSA) is 35.5 Å². The molecule has 0 aromatic heterocycles. The van der Waals surface area contributed by atoms with Gasteiger partial charge >= 0.3 is 12.1 Å². The molecule has 3 aliphatic rings. The smallest absolute Gasteiger partial charge is 0.428 e. The predicted molar refractivity (Wildman–Crippen MR) is 49.9 cm³/mol. The van der Waals surface area contributed by atoms with Gasteiger partial charge in [0.15, 0.2) is 0 Å². The van der Waals surface area contributed by atoms with E-state index in [4.69, 9.17) is 4.74 Å². The molecule has 0 N–H and O–H groups in total. The Labute approximate surface area is 95.6 Å². The number of ether oxygens (including phenoxy) is 2. The first-order valence-corrected chi connectivity index (χ1v) is 5.43. The first-order valence-electron chi connectivity index (χ1n) is 5.43. The molecular formula is C11H11F3O3. The second-order valence-corrected chi connectivity index (χ2v) is 4.78. The van der Waals surface area contributed by atoms with Crippen LogP contribution in [0.4, 0.5) is 13.2 Å². The van der Waals surface area contributed by atoms with E-state index < -0.39 is 29.8 Å². The quantitative estimate of drug-likeness (QED) is 0.523. The van der Waals surface area contributed by atoms with Gasteiger partial charge in [0.05, 0.1) is 13.2 Å². The zero-order chi connectivity index (χ0) is 12.4. The lowest BCUT2D eigenvalue weighted by molar-refractivity contribution is -0.371. The minimum atomic E-state index is -4.72. The summed E-state index contributed by atoms with van der Waals surface area (Å²) in [6.45, 7) is 0. The lowest BCUT2D eigenvalue weighted by atomic mass is 9.70. The molecule has 5 atom stereocenters. The van der Waals surface area contributed by atoms with Crippen LogP contribution in [0.25, 0.3) is 0 Å². The van der Waals surface area contributed by atoms with Crippen LogP contribution >= 0.6 is 0 Å². The van der Waals surface area contributed by atoms with E-state index in [1.807, 2.05) is 6.08 Å². The Kier molecular flexibility index (Phi) is 1.98. The minimum Gasteiger partial charge on any atom is -0.467 e. The molecule has 2 aliphatic carbocycles. The summed E-state index contributed by atoms with van der Waals surface area (Å²) >= 11 is 0. The van der Waals surface area contributed by atoms with Gasteiger partial charge in [-0.1, -0.05) is 12.2 Å². The fourth-order valence-corrected chi connectivity index (χ4v) is 3.40. The van der Waals surface area contributed by atoms with Crippen molar-refractivity contribution in [3.05, 3.63) is 12.2 Å². The van der Waals surface area contributed by atoms with Gasteiger partial charge in [-0.25, -0.2) is 4.79 Å². The summed E-state index contributed by atoms with van der Waals surface area (Å²) in [6.07, 6.45) is -0.920. The Bertz CT molecular complexity index is 403. The Morgan fingerprint density at radius 2 is 2.06 bits per heavy atom. The van der Waals surface area contributed by atoms with Gasteiger partial charge in [0.1, 0.15) is 0 Å². The summed E-state index contributed by atoms with van der Waals surface area (Å²) < 4.78 is 48.6. The summed E-state index contributed by atoms with van der Waals surface area (Å²) in [5.41, 5.74) is -2.74. The van der Waals surface area contributed by atoms with Crippen LogP contribution < -0.4 is 0 Å². The molecular weight excluding hydrogens is 237 g/mol. The van der Waals surface area contributed by atoms with Gasteiger partial charge in [-0.05, 0) is 12.3 Å². The number of hydrogen-bond donors (Lipinski definition) is 0. The van der Waals surface area contributed by atoms with Gasteiger partial charge in [-0.15, -0.1) is 0 Å². The van der Waals surface area contributed by atoms with E-state index in [9.17, 15) is 18.0 Å². The van der Waals surface area contributed by atoms with E-state index in [2.05, 4.69) is 4.74 Å². The van der Waals surface area contributed by atoms with Crippen molar-refractivity contribution < 1.29 is 27.4 Å². The molecule has 1 saturated carbocycles. The summed E-state index contributed by atoms with van der Waals surface area (Å²) in [4.78, 5) is 11.5. The van der Waals surface area contributed by atoms with E-state index in [0.29, 0.717) is 6.42 Å². The second-order valence-electron chi connectivity index (χ2n) is 4.78.